The summed E-state index contributed by atoms with van der Waals surface area (Å²) < 4.78 is 5.48. The SMILES string of the molecule is CCCCCCC/C=C\CCCCCCCC(=O)OCCCCCCCCCCC/C=C\C/C=C\CCCCCCCCCCCCCCCC(=O)NC(CO)C(O)/C=C/CCCCCCCCCCCCCCCC. The number of hydrogen-bond donors (Lipinski definition) is 3. The normalized spacial score (nSPS) is 12.8. The summed E-state index contributed by atoms with van der Waals surface area (Å²) in [5, 5.41) is 23.2. The van der Waals surface area contributed by atoms with Crippen LogP contribution in [0.1, 0.15) is 361 Å². The summed E-state index contributed by atoms with van der Waals surface area (Å²) >= 11 is 0. The number of rotatable bonds is 63. The minimum Gasteiger partial charge on any atom is -0.466 e. The van der Waals surface area contributed by atoms with E-state index in [9.17, 15) is 19.8 Å². The van der Waals surface area contributed by atoms with Gasteiger partial charge in [-0.2, -0.15) is 0 Å². The largest absolute Gasteiger partial charge is 0.466 e. The molecule has 76 heavy (non-hydrogen) atoms. The van der Waals surface area contributed by atoms with Gasteiger partial charge in [-0.25, -0.2) is 0 Å². The van der Waals surface area contributed by atoms with Crippen LogP contribution in [-0.2, 0) is 14.3 Å². The molecule has 0 saturated carbocycles. The fourth-order valence-electron chi connectivity index (χ4n) is 10.4. The molecule has 0 fully saturated rings. The van der Waals surface area contributed by atoms with Crippen molar-refractivity contribution in [2.45, 2.75) is 373 Å². The molecule has 0 aromatic carbocycles. The Morgan fingerprint density at radius 2 is 0.658 bits per heavy atom. The molecule has 0 spiro atoms. The lowest BCUT2D eigenvalue weighted by Gasteiger charge is -2.20. The van der Waals surface area contributed by atoms with Gasteiger partial charge in [0.2, 0.25) is 5.91 Å². The van der Waals surface area contributed by atoms with Gasteiger partial charge in [0.05, 0.1) is 25.4 Å². The van der Waals surface area contributed by atoms with Crippen molar-refractivity contribution in [3.63, 3.8) is 0 Å². The van der Waals surface area contributed by atoms with E-state index in [4.69, 9.17) is 4.74 Å². The van der Waals surface area contributed by atoms with Gasteiger partial charge in [0.25, 0.3) is 0 Å². The summed E-state index contributed by atoms with van der Waals surface area (Å²) in [6.07, 6.45) is 84.6. The van der Waals surface area contributed by atoms with Crippen LogP contribution in [-0.4, -0.2) is 47.4 Å². The molecule has 6 heteroatoms. The number of hydrogen-bond acceptors (Lipinski definition) is 5. The van der Waals surface area contributed by atoms with Crippen molar-refractivity contribution in [3.8, 4) is 0 Å². The van der Waals surface area contributed by atoms with Crippen molar-refractivity contribution in [1.29, 1.82) is 0 Å². The van der Waals surface area contributed by atoms with Gasteiger partial charge in [-0.1, -0.05) is 306 Å². The first kappa shape index (κ1) is 73.8. The maximum absolute atomic E-state index is 12.5. The van der Waals surface area contributed by atoms with Crippen molar-refractivity contribution in [2.24, 2.45) is 0 Å². The zero-order valence-electron chi connectivity index (χ0n) is 51.0. The highest BCUT2D eigenvalue weighted by Crippen LogP contribution is 2.17. The molecular formula is C70H131NO5. The minimum absolute atomic E-state index is 0.00305. The molecule has 0 aromatic heterocycles. The zero-order valence-corrected chi connectivity index (χ0v) is 51.0. The molecule has 0 rings (SSSR count). The highest BCUT2D eigenvalue weighted by atomic mass is 16.5. The van der Waals surface area contributed by atoms with E-state index < -0.39 is 12.1 Å². The van der Waals surface area contributed by atoms with Gasteiger partial charge in [-0.05, 0) is 89.9 Å². The third-order valence-electron chi connectivity index (χ3n) is 15.6. The predicted molar refractivity (Wildman–Crippen MR) is 333 cm³/mol. The highest BCUT2D eigenvalue weighted by Gasteiger charge is 2.18. The van der Waals surface area contributed by atoms with Crippen LogP contribution < -0.4 is 5.32 Å². The number of amides is 1. The maximum Gasteiger partial charge on any atom is 0.305 e. The molecule has 3 N–H and O–H groups in total. The zero-order chi connectivity index (χ0) is 55.0. The standard InChI is InChI=1S/C70H131NO5/c1-3-5-7-9-11-13-15-17-19-35-38-42-46-50-54-58-62-68(73)67(66-72)71-69(74)63-59-55-51-47-43-39-36-33-31-29-27-25-23-21-20-22-24-26-28-30-32-34-37-41-45-49-53-57-61-65-76-70(75)64-60-56-52-48-44-40-18-16-14-12-10-8-6-4-2/h16,18,20,22,26,28,58,62,67-68,72-73H,3-15,17,19,21,23-25,27,29-57,59-61,63-66H2,1-2H3,(H,71,74)/b18-16-,22-20-,28-26-,62-58+. The smallest absolute Gasteiger partial charge is 0.305 e. The van der Waals surface area contributed by atoms with Gasteiger partial charge in [0, 0.05) is 12.8 Å². The second kappa shape index (κ2) is 65.3. The van der Waals surface area contributed by atoms with Gasteiger partial charge >= 0.3 is 5.97 Å². The molecule has 0 heterocycles. The number of aliphatic hydroxyl groups excluding tert-OH is 2. The second-order valence-corrected chi connectivity index (χ2v) is 23.1. The lowest BCUT2D eigenvalue weighted by molar-refractivity contribution is -0.143. The lowest BCUT2D eigenvalue weighted by Crippen LogP contribution is -2.45. The van der Waals surface area contributed by atoms with Crippen LogP contribution in [0.25, 0.3) is 0 Å². The molecule has 0 radical (unpaired) electrons. The molecule has 446 valence electrons. The molecule has 0 saturated heterocycles. The molecular weight excluding hydrogens is 935 g/mol. The van der Waals surface area contributed by atoms with Gasteiger partial charge in [-0.15, -0.1) is 0 Å². The van der Waals surface area contributed by atoms with Crippen molar-refractivity contribution >= 4 is 11.9 Å². The Hall–Kier alpha value is -2.18. The number of carbonyl (C=O) groups excluding carboxylic acids is 2. The van der Waals surface area contributed by atoms with E-state index in [1.54, 1.807) is 6.08 Å². The first-order valence-corrected chi connectivity index (χ1v) is 33.9. The number of esters is 1. The molecule has 2 atom stereocenters. The lowest BCUT2D eigenvalue weighted by atomic mass is 10.0. The minimum atomic E-state index is -0.846. The van der Waals surface area contributed by atoms with Crippen LogP contribution in [0.2, 0.25) is 0 Å². The van der Waals surface area contributed by atoms with Gasteiger partial charge < -0.3 is 20.3 Å². The number of nitrogens with one attached hydrogen (secondary N) is 1. The molecule has 0 aliphatic rings. The Labute approximate surface area is 474 Å². The third kappa shape index (κ3) is 61.0. The number of ether oxygens (including phenoxy) is 1. The van der Waals surface area contributed by atoms with Crippen LogP contribution in [0.15, 0.2) is 48.6 Å². The molecule has 0 aromatic rings. The number of aliphatic hydroxyl groups is 2. The average Bonchev–Trinajstić information content (AvgIpc) is 3.42. The monoisotopic (exact) mass is 1070 g/mol. The summed E-state index contributed by atoms with van der Waals surface area (Å²) in [6.45, 7) is 4.91. The number of allylic oxidation sites excluding steroid dienone is 7. The van der Waals surface area contributed by atoms with Gasteiger partial charge in [-0.3, -0.25) is 9.59 Å². The van der Waals surface area contributed by atoms with E-state index >= 15 is 0 Å². The van der Waals surface area contributed by atoms with Crippen LogP contribution >= 0.6 is 0 Å². The summed E-state index contributed by atoms with van der Waals surface area (Å²) in [7, 11) is 0. The first-order valence-electron chi connectivity index (χ1n) is 33.9. The van der Waals surface area contributed by atoms with Crippen molar-refractivity contribution < 1.29 is 24.5 Å². The summed E-state index contributed by atoms with van der Waals surface area (Å²) in [6, 6.07) is -0.629. The Bertz CT molecular complexity index is 1270. The summed E-state index contributed by atoms with van der Waals surface area (Å²) in [5.41, 5.74) is 0. The van der Waals surface area contributed by atoms with Gasteiger partial charge in [0.1, 0.15) is 0 Å². The van der Waals surface area contributed by atoms with Gasteiger partial charge in [0.15, 0.2) is 0 Å². The molecule has 0 aliphatic heterocycles. The number of carbonyl (C=O) groups is 2. The summed E-state index contributed by atoms with van der Waals surface area (Å²) in [4.78, 5) is 24.5. The quantitative estimate of drug-likeness (QED) is 0.0320. The van der Waals surface area contributed by atoms with E-state index in [1.807, 2.05) is 6.08 Å². The van der Waals surface area contributed by atoms with E-state index in [1.165, 1.54) is 283 Å². The summed E-state index contributed by atoms with van der Waals surface area (Å²) in [5.74, 6) is -0.0643. The number of unbranched alkanes of at least 4 members (excludes halogenated alkanes) is 46. The van der Waals surface area contributed by atoms with Crippen LogP contribution in [0.5, 0.6) is 0 Å². The first-order chi connectivity index (χ1) is 37.5. The molecule has 6 nitrogen and oxygen atoms in total. The predicted octanol–water partition coefficient (Wildman–Crippen LogP) is 21.7. The van der Waals surface area contributed by atoms with Crippen molar-refractivity contribution in [3.05, 3.63) is 48.6 Å². The Morgan fingerprint density at radius 1 is 0.368 bits per heavy atom. The topological polar surface area (TPSA) is 95.9 Å². The highest BCUT2D eigenvalue weighted by molar-refractivity contribution is 5.76. The molecule has 1 amide bonds. The van der Waals surface area contributed by atoms with E-state index in [2.05, 4.69) is 55.6 Å². The third-order valence-corrected chi connectivity index (χ3v) is 15.6. The van der Waals surface area contributed by atoms with E-state index in [0.29, 0.717) is 19.4 Å². The second-order valence-electron chi connectivity index (χ2n) is 23.1. The van der Waals surface area contributed by atoms with Crippen LogP contribution in [0.3, 0.4) is 0 Å². The molecule has 2 unspecified atom stereocenters. The fourth-order valence-corrected chi connectivity index (χ4v) is 10.4. The Morgan fingerprint density at radius 3 is 1.01 bits per heavy atom. The van der Waals surface area contributed by atoms with Crippen LogP contribution in [0.4, 0.5) is 0 Å². The maximum atomic E-state index is 12.5. The molecule has 0 bridgehead atoms. The Balaban J connectivity index is 3.43. The Kier molecular flexibility index (Phi) is 63.5. The average molecular weight is 1070 g/mol. The van der Waals surface area contributed by atoms with Crippen molar-refractivity contribution in [1.82, 2.24) is 5.32 Å². The molecule has 0 aliphatic carbocycles. The van der Waals surface area contributed by atoms with Crippen LogP contribution in [0, 0.1) is 0 Å². The van der Waals surface area contributed by atoms with Crippen molar-refractivity contribution in [2.75, 3.05) is 13.2 Å². The van der Waals surface area contributed by atoms with E-state index in [0.717, 1.165) is 51.4 Å². The van der Waals surface area contributed by atoms with E-state index in [-0.39, 0.29) is 18.5 Å². The fraction of sp³-hybridized carbons (Fsp3) is 0.857.